The molecule has 144 valence electrons. The van der Waals surface area contributed by atoms with E-state index in [0.29, 0.717) is 47.9 Å². The lowest BCUT2D eigenvalue weighted by Gasteiger charge is -2.22. The zero-order chi connectivity index (χ0) is 19.1. The summed E-state index contributed by atoms with van der Waals surface area (Å²) in [6, 6.07) is 10.1. The zero-order valence-electron chi connectivity index (χ0n) is 15.5. The molecule has 0 spiro atoms. The first kappa shape index (κ1) is 17.3. The van der Waals surface area contributed by atoms with Crippen LogP contribution in [0, 0.1) is 5.82 Å². The minimum absolute atomic E-state index is 0.143. The minimum Gasteiger partial charge on any atom is -0.486 e. The fourth-order valence-corrected chi connectivity index (χ4v) is 4.16. The lowest BCUT2D eigenvalue weighted by Crippen LogP contribution is -2.25. The molecule has 0 unspecified atom stereocenters. The first-order chi connectivity index (χ1) is 13.7. The molecule has 2 aliphatic heterocycles. The quantitative estimate of drug-likeness (QED) is 0.753. The van der Waals surface area contributed by atoms with Crippen molar-refractivity contribution in [1.29, 1.82) is 0 Å². The summed E-state index contributed by atoms with van der Waals surface area (Å²) >= 11 is 0. The van der Waals surface area contributed by atoms with Crippen LogP contribution in [0.1, 0.15) is 18.4 Å². The summed E-state index contributed by atoms with van der Waals surface area (Å²) < 4.78 is 25.4. The second kappa shape index (κ2) is 6.95. The number of rotatable bonds is 3. The molecule has 1 aromatic heterocycles. The van der Waals surface area contributed by atoms with Gasteiger partial charge < -0.3 is 14.5 Å². The van der Waals surface area contributed by atoms with Gasteiger partial charge in [-0.3, -0.25) is 9.69 Å². The molecule has 5 nitrogen and oxygen atoms in total. The molecule has 5 rings (SSSR count). The van der Waals surface area contributed by atoms with Crippen molar-refractivity contribution in [3.63, 3.8) is 0 Å². The monoisotopic (exact) mass is 380 g/mol. The van der Waals surface area contributed by atoms with Crippen LogP contribution in [0.2, 0.25) is 0 Å². The van der Waals surface area contributed by atoms with Crippen molar-refractivity contribution in [3.8, 4) is 22.6 Å². The maximum Gasteiger partial charge on any atom is 0.253 e. The van der Waals surface area contributed by atoms with Gasteiger partial charge in [-0.1, -0.05) is 12.1 Å². The van der Waals surface area contributed by atoms with Gasteiger partial charge in [-0.25, -0.2) is 4.39 Å². The summed E-state index contributed by atoms with van der Waals surface area (Å²) in [4.78, 5) is 18.3. The molecule has 0 amide bonds. The highest BCUT2D eigenvalue weighted by molar-refractivity contribution is 5.97. The van der Waals surface area contributed by atoms with Gasteiger partial charge in [-0.2, -0.15) is 0 Å². The second-order valence-electron chi connectivity index (χ2n) is 7.34. The number of nitrogens with zero attached hydrogens (tertiary/aromatic N) is 1. The van der Waals surface area contributed by atoms with Crippen molar-refractivity contribution in [2.24, 2.45) is 0 Å². The molecule has 0 radical (unpaired) electrons. The predicted molar refractivity (Wildman–Crippen MR) is 105 cm³/mol. The second-order valence-corrected chi connectivity index (χ2v) is 7.34. The molecule has 2 aliphatic rings. The van der Waals surface area contributed by atoms with E-state index in [1.807, 2.05) is 12.1 Å². The number of ether oxygens (including phenoxy) is 2. The molecule has 6 heteroatoms. The summed E-state index contributed by atoms with van der Waals surface area (Å²) in [7, 11) is 0. The van der Waals surface area contributed by atoms with E-state index in [0.717, 1.165) is 36.9 Å². The number of hydrogen-bond donors (Lipinski definition) is 1. The van der Waals surface area contributed by atoms with Crippen molar-refractivity contribution in [3.05, 3.63) is 58.1 Å². The Labute approximate surface area is 161 Å². The first-order valence-corrected chi connectivity index (χ1v) is 9.66. The Hall–Kier alpha value is -2.86. The highest BCUT2D eigenvalue weighted by Gasteiger charge is 2.22. The Balaban J connectivity index is 1.77. The van der Waals surface area contributed by atoms with E-state index in [1.165, 1.54) is 12.1 Å². The van der Waals surface area contributed by atoms with E-state index in [9.17, 15) is 9.18 Å². The summed E-state index contributed by atoms with van der Waals surface area (Å²) in [6.07, 6.45) is 2.28. The maximum absolute atomic E-state index is 14.0. The Bertz CT molecular complexity index is 1100. The zero-order valence-corrected chi connectivity index (χ0v) is 15.5. The molecule has 0 bridgehead atoms. The van der Waals surface area contributed by atoms with Gasteiger partial charge in [0.1, 0.15) is 19.0 Å². The number of likely N-dealkylation sites (tertiary alicyclic amines) is 1. The van der Waals surface area contributed by atoms with Crippen molar-refractivity contribution in [1.82, 2.24) is 9.88 Å². The lowest BCUT2D eigenvalue weighted by atomic mass is 9.95. The fourth-order valence-electron chi connectivity index (χ4n) is 4.16. The number of halogens is 1. The van der Waals surface area contributed by atoms with Gasteiger partial charge in [0.2, 0.25) is 0 Å². The van der Waals surface area contributed by atoms with E-state index >= 15 is 0 Å². The largest absolute Gasteiger partial charge is 0.486 e. The number of nitrogens with one attached hydrogen (secondary N) is 1. The average Bonchev–Trinajstić information content (AvgIpc) is 3.20. The highest BCUT2D eigenvalue weighted by Crippen LogP contribution is 2.39. The van der Waals surface area contributed by atoms with Gasteiger partial charge in [0.25, 0.3) is 5.56 Å². The topological polar surface area (TPSA) is 54.6 Å². The van der Waals surface area contributed by atoms with Crippen LogP contribution in [0.15, 0.2) is 41.2 Å². The van der Waals surface area contributed by atoms with Crippen LogP contribution in [-0.4, -0.2) is 36.2 Å². The predicted octanol–water partition coefficient (Wildman–Crippen LogP) is 3.70. The van der Waals surface area contributed by atoms with Crippen LogP contribution < -0.4 is 15.0 Å². The lowest BCUT2D eigenvalue weighted by molar-refractivity contribution is 0.172. The highest BCUT2D eigenvalue weighted by atomic mass is 19.1. The Morgan fingerprint density at radius 1 is 1.04 bits per heavy atom. The van der Waals surface area contributed by atoms with Gasteiger partial charge in [0, 0.05) is 29.1 Å². The van der Waals surface area contributed by atoms with Gasteiger partial charge in [0.05, 0.1) is 5.52 Å². The summed E-state index contributed by atoms with van der Waals surface area (Å²) in [5.41, 5.74) is 2.65. The molecule has 3 aromatic rings. The summed E-state index contributed by atoms with van der Waals surface area (Å²) in [5.74, 6) is 0.943. The molecule has 1 fully saturated rings. The fraction of sp³-hybridized carbons (Fsp3) is 0.318. The number of fused-ring (bicyclic) bond motifs is 2. The van der Waals surface area contributed by atoms with Crippen molar-refractivity contribution >= 4 is 10.9 Å². The minimum atomic E-state index is -0.324. The molecule has 28 heavy (non-hydrogen) atoms. The van der Waals surface area contributed by atoms with E-state index in [-0.39, 0.29) is 11.4 Å². The number of H-pyrrole nitrogens is 1. The van der Waals surface area contributed by atoms with E-state index in [4.69, 9.17) is 9.47 Å². The molecule has 3 heterocycles. The van der Waals surface area contributed by atoms with E-state index < -0.39 is 0 Å². The van der Waals surface area contributed by atoms with Gasteiger partial charge >= 0.3 is 0 Å². The normalized spacial score (nSPS) is 16.6. The first-order valence-electron chi connectivity index (χ1n) is 9.66. The summed E-state index contributed by atoms with van der Waals surface area (Å²) in [5, 5.41) is 0.837. The third-order valence-corrected chi connectivity index (χ3v) is 5.47. The Morgan fingerprint density at radius 3 is 2.54 bits per heavy atom. The van der Waals surface area contributed by atoms with Crippen LogP contribution in [0.25, 0.3) is 22.0 Å². The average molecular weight is 380 g/mol. The van der Waals surface area contributed by atoms with Crippen molar-refractivity contribution < 1.29 is 13.9 Å². The van der Waals surface area contributed by atoms with E-state index in [2.05, 4.69) is 9.88 Å². The summed E-state index contributed by atoms with van der Waals surface area (Å²) in [6.45, 7) is 3.46. The Kier molecular flexibility index (Phi) is 4.28. The maximum atomic E-state index is 14.0. The van der Waals surface area contributed by atoms with E-state index in [1.54, 1.807) is 12.1 Å². The number of pyridine rings is 1. The van der Waals surface area contributed by atoms with Crippen LogP contribution in [0.5, 0.6) is 11.5 Å². The van der Waals surface area contributed by atoms with Crippen molar-refractivity contribution in [2.75, 3.05) is 26.3 Å². The van der Waals surface area contributed by atoms with Gasteiger partial charge in [-0.15, -0.1) is 0 Å². The van der Waals surface area contributed by atoms with Gasteiger partial charge in [-0.05, 0) is 49.7 Å². The molecule has 2 aromatic carbocycles. The standard InChI is InChI=1S/C22H21FN2O3/c23-15-5-3-4-14(10-15)21-16-11-19-20(28-9-8-27-19)12-18(16)24-22(26)17(21)13-25-6-1-2-7-25/h3-5,10-12H,1-2,6-9,13H2,(H,24,26). The number of hydrogen-bond acceptors (Lipinski definition) is 4. The molecular weight excluding hydrogens is 359 g/mol. The van der Waals surface area contributed by atoms with Gasteiger partial charge in [0.15, 0.2) is 11.5 Å². The molecular formula is C22H21FN2O3. The number of aromatic nitrogens is 1. The number of aromatic amines is 1. The molecule has 0 saturated carbocycles. The number of benzene rings is 2. The molecule has 1 N–H and O–H groups in total. The van der Waals surface area contributed by atoms with Crippen LogP contribution in [0.3, 0.4) is 0 Å². The molecule has 1 saturated heterocycles. The SMILES string of the molecule is O=c1[nH]c2cc3c(cc2c(-c2cccc(F)c2)c1CN1CCCC1)OCCO3. The molecule has 0 aliphatic carbocycles. The van der Waals surface area contributed by atoms with Crippen molar-refractivity contribution in [2.45, 2.75) is 19.4 Å². The molecule has 0 atom stereocenters. The smallest absolute Gasteiger partial charge is 0.253 e. The van der Waals surface area contributed by atoms with Crippen LogP contribution in [0.4, 0.5) is 4.39 Å². The third kappa shape index (κ3) is 3.03. The van der Waals surface area contributed by atoms with Crippen LogP contribution in [-0.2, 0) is 6.54 Å². The Morgan fingerprint density at radius 2 is 1.79 bits per heavy atom. The van der Waals surface area contributed by atoms with Crippen LogP contribution >= 0.6 is 0 Å². The third-order valence-electron chi connectivity index (χ3n) is 5.47.